The molecule has 2 rings (SSSR count). The van der Waals surface area contributed by atoms with Crippen molar-refractivity contribution in [3.63, 3.8) is 0 Å². The quantitative estimate of drug-likeness (QED) is 0.800. The van der Waals surface area contributed by atoms with Gasteiger partial charge < -0.3 is 10.4 Å². The third-order valence-corrected chi connectivity index (χ3v) is 3.81. The third-order valence-electron chi connectivity index (χ3n) is 3.81. The van der Waals surface area contributed by atoms with Gasteiger partial charge >= 0.3 is 5.97 Å². The molecule has 0 aliphatic heterocycles. The first-order valence-corrected chi connectivity index (χ1v) is 7.15. The monoisotopic (exact) mass is 291 g/mol. The van der Waals surface area contributed by atoms with Crippen LogP contribution >= 0.6 is 0 Å². The molecule has 0 aromatic carbocycles. The Balaban J connectivity index is 1.88. The van der Waals surface area contributed by atoms with Gasteiger partial charge in [0.25, 0.3) is 0 Å². The highest BCUT2D eigenvalue weighted by atomic mass is 16.4. The van der Waals surface area contributed by atoms with Crippen LogP contribution in [0.3, 0.4) is 0 Å². The Morgan fingerprint density at radius 2 is 2.00 bits per heavy atom. The number of rotatable bonds is 5. The molecule has 1 amide bonds. The molecule has 6 heteroatoms. The van der Waals surface area contributed by atoms with Crippen LogP contribution < -0.4 is 5.32 Å². The fourth-order valence-corrected chi connectivity index (χ4v) is 2.69. The molecule has 1 aromatic rings. The van der Waals surface area contributed by atoms with Crippen LogP contribution in [0.15, 0.2) is 18.2 Å². The van der Waals surface area contributed by atoms with E-state index in [1.165, 1.54) is 0 Å². The SMILES string of the molecule is Cc1cc(C)n(CCNC(=O)[C@H]2CC=CC[C@H]2C(=O)O)n1. The van der Waals surface area contributed by atoms with Gasteiger partial charge in [-0.1, -0.05) is 12.2 Å². The maximum absolute atomic E-state index is 12.2. The van der Waals surface area contributed by atoms with Crippen LogP contribution in [0.25, 0.3) is 0 Å². The van der Waals surface area contributed by atoms with E-state index in [1.54, 1.807) is 0 Å². The Hall–Kier alpha value is -2.11. The van der Waals surface area contributed by atoms with Gasteiger partial charge in [-0.15, -0.1) is 0 Å². The van der Waals surface area contributed by atoms with E-state index < -0.39 is 17.8 Å². The number of aromatic nitrogens is 2. The van der Waals surface area contributed by atoms with Gasteiger partial charge in [0, 0.05) is 12.2 Å². The summed E-state index contributed by atoms with van der Waals surface area (Å²) in [6.45, 7) is 4.93. The van der Waals surface area contributed by atoms with Crippen molar-refractivity contribution in [1.82, 2.24) is 15.1 Å². The molecule has 0 saturated carbocycles. The summed E-state index contributed by atoms with van der Waals surface area (Å²) in [5.74, 6) is -2.19. The van der Waals surface area contributed by atoms with Crippen molar-refractivity contribution in [3.8, 4) is 0 Å². The molecular formula is C15H21N3O3. The van der Waals surface area contributed by atoms with Gasteiger partial charge in [0.05, 0.1) is 24.1 Å². The van der Waals surface area contributed by atoms with Crippen molar-refractivity contribution in [2.24, 2.45) is 11.8 Å². The van der Waals surface area contributed by atoms with E-state index in [1.807, 2.05) is 36.7 Å². The number of aliphatic carboxylic acids is 1. The van der Waals surface area contributed by atoms with Gasteiger partial charge in [0.15, 0.2) is 0 Å². The molecule has 0 saturated heterocycles. The second kappa shape index (κ2) is 6.56. The van der Waals surface area contributed by atoms with Crippen molar-refractivity contribution in [2.45, 2.75) is 33.2 Å². The number of aryl methyl sites for hydroxylation is 2. The third kappa shape index (κ3) is 3.71. The summed E-state index contributed by atoms with van der Waals surface area (Å²) in [4.78, 5) is 23.3. The van der Waals surface area contributed by atoms with Crippen molar-refractivity contribution in [1.29, 1.82) is 0 Å². The zero-order valence-electron chi connectivity index (χ0n) is 12.4. The highest BCUT2D eigenvalue weighted by Gasteiger charge is 2.33. The number of hydrogen-bond donors (Lipinski definition) is 2. The van der Waals surface area contributed by atoms with E-state index in [0.29, 0.717) is 25.9 Å². The summed E-state index contributed by atoms with van der Waals surface area (Å²) in [6.07, 6.45) is 4.62. The Bertz CT molecular complexity index is 563. The van der Waals surface area contributed by atoms with Crippen LogP contribution in [-0.2, 0) is 16.1 Å². The van der Waals surface area contributed by atoms with Gasteiger partial charge in [0.1, 0.15) is 0 Å². The predicted octanol–water partition coefficient (Wildman–Crippen LogP) is 1.28. The lowest BCUT2D eigenvalue weighted by atomic mass is 9.82. The molecule has 0 bridgehead atoms. The lowest BCUT2D eigenvalue weighted by Crippen LogP contribution is -2.40. The highest BCUT2D eigenvalue weighted by molar-refractivity contribution is 5.85. The van der Waals surface area contributed by atoms with E-state index >= 15 is 0 Å². The summed E-state index contributed by atoms with van der Waals surface area (Å²) in [5, 5.41) is 16.3. The van der Waals surface area contributed by atoms with Gasteiger partial charge in [0.2, 0.25) is 5.91 Å². The number of carboxylic acids is 1. The van der Waals surface area contributed by atoms with Crippen LogP contribution in [0.2, 0.25) is 0 Å². The number of amides is 1. The average molecular weight is 291 g/mol. The first-order valence-electron chi connectivity index (χ1n) is 7.15. The number of carbonyl (C=O) groups excluding carboxylic acids is 1. The highest BCUT2D eigenvalue weighted by Crippen LogP contribution is 2.25. The first kappa shape index (κ1) is 15.3. The second-order valence-electron chi connectivity index (χ2n) is 5.44. The molecule has 0 spiro atoms. The van der Waals surface area contributed by atoms with Crippen molar-refractivity contribution < 1.29 is 14.7 Å². The summed E-state index contributed by atoms with van der Waals surface area (Å²) in [7, 11) is 0. The first-order chi connectivity index (χ1) is 9.99. The van der Waals surface area contributed by atoms with Gasteiger partial charge in [-0.2, -0.15) is 5.10 Å². The molecule has 0 fully saturated rings. The molecular weight excluding hydrogens is 270 g/mol. The number of hydrogen-bond acceptors (Lipinski definition) is 3. The summed E-state index contributed by atoms with van der Waals surface area (Å²) < 4.78 is 1.84. The maximum Gasteiger partial charge on any atom is 0.307 e. The molecule has 6 nitrogen and oxygen atoms in total. The number of carbonyl (C=O) groups is 2. The molecule has 1 aliphatic carbocycles. The van der Waals surface area contributed by atoms with Crippen LogP contribution in [0.4, 0.5) is 0 Å². The van der Waals surface area contributed by atoms with Crippen molar-refractivity contribution in [2.75, 3.05) is 6.54 Å². The van der Waals surface area contributed by atoms with E-state index in [9.17, 15) is 14.7 Å². The lowest BCUT2D eigenvalue weighted by molar-refractivity contribution is -0.147. The van der Waals surface area contributed by atoms with E-state index in [2.05, 4.69) is 10.4 Å². The molecule has 1 aliphatic rings. The molecule has 1 aromatic heterocycles. The Morgan fingerprint density at radius 1 is 1.33 bits per heavy atom. The van der Waals surface area contributed by atoms with Crippen LogP contribution in [0.5, 0.6) is 0 Å². The normalized spacial score (nSPS) is 21.2. The minimum atomic E-state index is -0.905. The maximum atomic E-state index is 12.2. The average Bonchev–Trinajstić information content (AvgIpc) is 2.77. The molecule has 2 atom stereocenters. The Morgan fingerprint density at radius 3 is 2.57 bits per heavy atom. The van der Waals surface area contributed by atoms with E-state index in [0.717, 1.165) is 11.4 Å². The number of nitrogens with one attached hydrogen (secondary N) is 1. The summed E-state index contributed by atoms with van der Waals surface area (Å²) in [5.41, 5.74) is 1.99. The van der Waals surface area contributed by atoms with Crippen LogP contribution in [0, 0.1) is 25.7 Å². The summed E-state index contributed by atoms with van der Waals surface area (Å²) >= 11 is 0. The van der Waals surface area contributed by atoms with Crippen molar-refractivity contribution in [3.05, 3.63) is 29.6 Å². The molecule has 0 unspecified atom stereocenters. The number of nitrogens with zero attached hydrogens (tertiary/aromatic N) is 2. The second-order valence-corrected chi connectivity index (χ2v) is 5.44. The lowest BCUT2D eigenvalue weighted by Gasteiger charge is -2.24. The van der Waals surface area contributed by atoms with Gasteiger partial charge in [-0.3, -0.25) is 14.3 Å². The Labute approximate surface area is 123 Å². The topological polar surface area (TPSA) is 84.2 Å². The zero-order chi connectivity index (χ0) is 15.4. The molecule has 114 valence electrons. The van der Waals surface area contributed by atoms with E-state index in [4.69, 9.17) is 0 Å². The predicted molar refractivity (Wildman–Crippen MR) is 77.7 cm³/mol. The smallest absolute Gasteiger partial charge is 0.307 e. The zero-order valence-corrected chi connectivity index (χ0v) is 12.4. The largest absolute Gasteiger partial charge is 0.481 e. The van der Waals surface area contributed by atoms with Crippen LogP contribution in [0.1, 0.15) is 24.2 Å². The molecule has 0 radical (unpaired) electrons. The number of carboxylic acid groups (broad SMARTS) is 1. The molecule has 21 heavy (non-hydrogen) atoms. The summed E-state index contributed by atoms with van der Waals surface area (Å²) in [6, 6.07) is 1.98. The standard InChI is InChI=1S/C15H21N3O3/c1-10-9-11(2)18(17-10)8-7-16-14(19)12-5-3-4-6-13(12)15(20)21/h3-4,9,12-13H,5-8H2,1-2H3,(H,16,19)(H,20,21)/t12-,13+/m0/s1. The Kier molecular flexibility index (Phi) is 4.77. The fourth-order valence-electron chi connectivity index (χ4n) is 2.69. The van der Waals surface area contributed by atoms with Crippen LogP contribution in [-0.4, -0.2) is 33.3 Å². The fraction of sp³-hybridized carbons (Fsp3) is 0.533. The van der Waals surface area contributed by atoms with Gasteiger partial charge in [-0.05, 0) is 32.8 Å². The van der Waals surface area contributed by atoms with Crippen molar-refractivity contribution >= 4 is 11.9 Å². The minimum Gasteiger partial charge on any atom is -0.481 e. The molecule has 2 N–H and O–H groups in total. The molecule has 1 heterocycles. The van der Waals surface area contributed by atoms with Gasteiger partial charge in [-0.25, -0.2) is 0 Å². The number of allylic oxidation sites excluding steroid dienone is 2. The minimum absolute atomic E-state index is 0.187. The van der Waals surface area contributed by atoms with E-state index in [-0.39, 0.29) is 5.91 Å².